The summed E-state index contributed by atoms with van der Waals surface area (Å²) in [4.78, 5) is 0. The Kier molecular flexibility index (Phi) is 3.10. The highest BCUT2D eigenvalue weighted by atomic mass is 19.1. The minimum absolute atomic E-state index is 0.125. The molecule has 6 heteroatoms. The Morgan fingerprint density at radius 2 is 1.83 bits per heavy atom. The summed E-state index contributed by atoms with van der Waals surface area (Å²) in [7, 11) is 4.62. The smallest absolute Gasteiger partial charge is 0.166 e. The van der Waals surface area contributed by atoms with Crippen molar-refractivity contribution in [3.8, 4) is 22.8 Å². The predicted molar refractivity (Wildman–Crippen MR) is 66.1 cm³/mol. The largest absolute Gasteiger partial charge is 0.496 e. The number of aromatic nitrogens is 2. The Morgan fingerprint density at radius 3 is 2.33 bits per heavy atom. The average molecular weight is 251 g/mol. The molecule has 0 spiro atoms. The van der Waals surface area contributed by atoms with E-state index in [1.54, 1.807) is 13.1 Å². The molecule has 1 heterocycles. The number of methoxy groups -OCH3 is 2. The Balaban J connectivity index is 2.59. The average Bonchev–Trinajstić information content (AvgIpc) is 2.69. The third-order valence-electron chi connectivity index (χ3n) is 2.67. The first-order valence-corrected chi connectivity index (χ1v) is 5.28. The number of rotatable bonds is 3. The van der Waals surface area contributed by atoms with Gasteiger partial charge in [-0.05, 0) is 6.07 Å². The van der Waals surface area contributed by atoms with Crippen LogP contribution in [0.5, 0.6) is 11.5 Å². The van der Waals surface area contributed by atoms with Crippen molar-refractivity contribution < 1.29 is 13.9 Å². The van der Waals surface area contributed by atoms with E-state index in [4.69, 9.17) is 15.2 Å². The normalized spacial score (nSPS) is 10.4. The van der Waals surface area contributed by atoms with E-state index in [1.807, 2.05) is 0 Å². The second-order valence-electron chi connectivity index (χ2n) is 3.77. The molecule has 0 amide bonds. The van der Waals surface area contributed by atoms with Gasteiger partial charge in [-0.2, -0.15) is 5.10 Å². The van der Waals surface area contributed by atoms with Gasteiger partial charge in [-0.3, -0.25) is 4.68 Å². The first-order chi connectivity index (χ1) is 8.56. The molecule has 0 bridgehead atoms. The molecule has 0 aliphatic rings. The van der Waals surface area contributed by atoms with E-state index in [-0.39, 0.29) is 5.75 Å². The Morgan fingerprint density at radius 1 is 1.17 bits per heavy atom. The number of halogens is 1. The molecule has 18 heavy (non-hydrogen) atoms. The monoisotopic (exact) mass is 251 g/mol. The molecule has 2 aromatic rings. The summed E-state index contributed by atoms with van der Waals surface area (Å²) in [5.41, 5.74) is 6.78. The minimum Gasteiger partial charge on any atom is -0.496 e. The Hall–Kier alpha value is -2.24. The highest BCUT2D eigenvalue weighted by Crippen LogP contribution is 2.35. The van der Waals surface area contributed by atoms with Crippen LogP contribution in [0.15, 0.2) is 18.2 Å². The molecule has 0 unspecified atom stereocenters. The second-order valence-corrected chi connectivity index (χ2v) is 3.77. The van der Waals surface area contributed by atoms with Crippen LogP contribution in [0.1, 0.15) is 0 Å². The van der Waals surface area contributed by atoms with Gasteiger partial charge in [0.15, 0.2) is 11.6 Å². The SMILES string of the molecule is COc1cc(OC)c(-c2cc(N)n(C)n2)cc1F. The van der Waals surface area contributed by atoms with Crippen molar-refractivity contribution in [1.82, 2.24) is 9.78 Å². The van der Waals surface area contributed by atoms with E-state index < -0.39 is 5.82 Å². The van der Waals surface area contributed by atoms with Crippen LogP contribution in [0.25, 0.3) is 11.3 Å². The number of anilines is 1. The molecule has 96 valence electrons. The number of nitrogens with zero attached hydrogens (tertiary/aromatic N) is 2. The summed E-state index contributed by atoms with van der Waals surface area (Å²) in [6.45, 7) is 0. The Labute approximate surface area is 104 Å². The number of nitrogens with two attached hydrogens (primary N) is 1. The van der Waals surface area contributed by atoms with Crippen LogP contribution >= 0.6 is 0 Å². The van der Waals surface area contributed by atoms with Gasteiger partial charge in [-0.25, -0.2) is 4.39 Å². The van der Waals surface area contributed by atoms with Crippen molar-refractivity contribution in [3.05, 3.63) is 24.0 Å². The van der Waals surface area contributed by atoms with Crippen LogP contribution in [0.3, 0.4) is 0 Å². The molecule has 1 aromatic heterocycles. The fraction of sp³-hybridized carbons (Fsp3) is 0.250. The molecule has 0 aliphatic carbocycles. The zero-order valence-corrected chi connectivity index (χ0v) is 10.4. The summed E-state index contributed by atoms with van der Waals surface area (Å²) < 4.78 is 25.3. The predicted octanol–water partition coefficient (Wildman–Crippen LogP) is 1.83. The van der Waals surface area contributed by atoms with E-state index in [9.17, 15) is 4.39 Å². The summed E-state index contributed by atoms with van der Waals surface area (Å²) in [5.74, 6) is 0.617. The number of ether oxygens (including phenoxy) is 2. The molecular weight excluding hydrogens is 237 g/mol. The lowest BCUT2D eigenvalue weighted by molar-refractivity contribution is 0.374. The van der Waals surface area contributed by atoms with Crippen LogP contribution in [-0.4, -0.2) is 24.0 Å². The van der Waals surface area contributed by atoms with Crippen molar-refractivity contribution in [2.75, 3.05) is 20.0 Å². The zero-order chi connectivity index (χ0) is 13.3. The molecule has 2 N–H and O–H groups in total. The van der Waals surface area contributed by atoms with Crippen LogP contribution < -0.4 is 15.2 Å². The van der Waals surface area contributed by atoms with Gasteiger partial charge in [0.1, 0.15) is 11.6 Å². The third kappa shape index (κ3) is 1.97. The number of hydrogen-bond donors (Lipinski definition) is 1. The molecule has 5 nitrogen and oxygen atoms in total. The van der Waals surface area contributed by atoms with E-state index in [2.05, 4.69) is 5.10 Å². The number of benzene rings is 1. The highest BCUT2D eigenvalue weighted by Gasteiger charge is 2.15. The fourth-order valence-corrected chi connectivity index (χ4v) is 1.67. The van der Waals surface area contributed by atoms with Crippen molar-refractivity contribution in [2.24, 2.45) is 7.05 Å². The highest BCUT2D eigenvalue weighted by molar-refractivity contribution is 5.70. The van der Waals surface area contributed by atoms with Crippen LogP contribution in [-0.2, 0) is 7.05 Å². The Bertz CT molecular complexity index is 561. The molecule has 0 radical (unpaired) electrons. The maximum Gasteiger partial charge on any atom is 0.166 e. The van der Waals surface area contributed by atoms with Gasteiger partial charge in [-0.15, -0.1) is 0 Å². The van der Waals surface area contributed by atoms with E-state index in [1.165, 1.54) is 31.0 Å². The first-order valence-electron chi connectivity index (χ1n) is 5.28. The lowest BCUT2D eigenvalue weighted by Crippen LogP contribution is -1.97. The quantitative estimate of drug-likeness (QED) is 0.903. The van der Waals surface area contributed by atoms with Crippen LogP contribution in [0.4, 0.5) is 10.2 Å². The minimum atomic E-state index is -0.475. The lowest BCUT2D eigenvalue weighted by atomic mass is 10.1. The number of nitrogen functional groups attached to an aromatic ring is 1. The van der Waals surface area contributed by atoms with Gasteiger partial charge in [0.25, 0.3) is 0 Å². The maximum atomic E-state index is 13.7. The topological polar surface area (TPSA) is 62.3 Å². The molecular formula is C12H14FN3O2. The lowest BCUT2D eigenvalue weighted by Gasteiger charge is -2.09. The molecule has 2 rings (SSSR count). The summed E-state index contributed by atoms with van der Waals surface area (Å²) >= 11 is 0. The molecule has 0 saturated heterocycles. The van der Waals surface area contributed by atoms with Crippen molar-refractivity contribution in [1.29, 1.82) is 0 Å². The fourth-order valence-electron chi connectivity index (χ4n) is 1.67. The summed E-state index contributed by atoms with van der Waals surface area (Å²) in [5, 5.41) is 4.19. The first kappa shape index (κ1) is 12.2. The molecule has 0 atom stereocenters. The van der Waals surface area contributed by atoms with Gasteiger partial charge >= 0.3 is 0 Å². The van der Waals surface area contributed by atoms with Crippen LogP contribution in [0, 0.1) is 5.82 Å². The summed E-state index contributed by atoms with van der Waals surface area (Å²) in [6.07, 6.45) is 0. The standard InChI is InChI=1S/C12H14FN3O2/c1-16-12(14)5-9(15-16)7-4-8(13)11(18-3)6-10(7)17-2/h4-6H,14H2,1-3H3. The van der Waals surface area contributed by atoms with E-state index in [0.717, 1.165) is 0 Å². The second kappa shape index (κ2) is 4.56. The van der Waals surface area contributed by atoms with Gasteiger partial charge in [0.2, 0.25) is 0 Å². The number of hydrogen-bond acceptors (Lipinski definition) is 4. The number of aryl methyl sites for hydroxylation is 1. The van der Waals surface area contributed by atoms with E-state index in [0.29, 0.717) is 22.8 Å². The van der Waals surface area contributed by atoms with Gasteiger partial charge in [-0.1, -0.05) is 0 Å². The molecule has 0 saturated carbocycles. The third-order valence-corrected chi connectivity index (χ3v) is 2.67. The summed E-state index contributed by atoms with van der Waals surface area (Å²) in [6, 6.07) is 4.46. The molecule has 1 aromatic carbocycles. The molecule has 0 aliphatic heterocycles. The molecule has 0 fully saturated rings. The maximum absolute atomic E-state index is 13.7. The zero-order valence-electron chi connectivity index (χ0n) is 10.4. The van der Waals surface area contributed by atoms with Crippen LogP contribution in [0.2, 0.25) is 0 Å². The van der Waals surface area contributed by atoms with Gasteiger partial charge in [0, 0.05) is 24.7 Å². The van der Waals surface area contributed by atoms with Crippen molar-refractivity contribution in [2.45, 2.75) is 0 Å². The van der Waals surface area contributed by atoms with E-state index >= 15 is 0 Å². The van der Waals surface area contributed by atoms with Gasteiger partial charge < -0.3 is 15.2 Å². The van der Waals surface area contributed by atoms with Crippen molar-refractivity contribution in [3.63, 3.8) is 0 Å². The van der Waals surface area contributed by atoms with Crippen molar-refractivity contribution >= 4 is 5.82 Å². The van der Waals surface area contributed by atoms with Gasteiger partial charge in [0.05, 0.1) is 19.9 Å².